The Morgan fingerprint density at radius 2 is 1.84 bits per heavy atom. The highest BCUT2D eigenvalue weighted by molar-refractivity contribution is 7.19. The van der Waals surface area contributed by atoms with Gasteiger partial charge in [-0.15, -0.1) is 11.3 Å². The number of aryl methyl sites for hydroxylation is 1. The van der Waals surface area contributed by atoms with Gasteiger partial charge < -0.3 is 18.8 Å². The molecule has 1 aliphatic carbocycles. The molecular weight excluding hydrogens is 408 g/mol. The van der Waals surface area contributed by atoms with Gasteiger partial charge in [-0.2, -0.15) is 0 Å². The van der Waals surface area contributed by atoms with Crippen LogP contribution in [-0.4, -0.2) is 56.5 Å². The van der Waals surface area contributed by atoms with Crippen LogP contribution in [0.2, 0.25) is 0 Å². The van der Waals surface area contributed by atoms with Gasteiger partial charge in [-0.05, 0) is 44.0 Å². The molecule has 31 heavy (non-hydrogen) atoms. The molecule has 3 aromatic rings. The van der Waals surface area contributed by atoms with Crippen molar-refractivity contribution in [2.24, 2.45) is 0 Å². The van der Waals surface area contributed by atoms with Gasteiger partial charge in [-0.3, -0.25) is 4.90 Å². The maximum absolute atomic E-state index is 5.74. The number of methoxy groups -OCH3 is 2. The fourth-order valence-electron chi connectivity index (χ4n) is 4.46. The number of nitrogens with zero attached hydrogens (tertiary/aromatic N) is 2. The lowest BCUT2D eigenvalue weighted by atomic mass is 10.0. The molecular formula is C25H30N2O3S. The first-order valence-corrected chi connectivity index (χ1v) is 11.8. The lowest BCUT2D eigenvalue weighted by Gasteiger charge is -2.26. The average molecular weight is 439 g/mol. The third-order valence-electron chi connectivity index (χ3n) is 6.30. The quantitative estimate of drug-likeness (QED) is 0.523. The predicted molar refractivity (Wildman–Crippen MR) is 127 cm³/mol. The lowest BCUT2D eigenvalue weighted by Crippen LogP contribution is -2.38. The summed E-state index contributed by atoms with van der Waals surface area (Å²) in [5.41, 5.74) is 5.36. The third-order valence-corrected chi connectivity index (χ3v) is 7.49. The molecule has 1 saturated heterocycles. The molecule has 0 radical (unpaired) electrons. The number of morpholine rings is 1. The number of thiophene rings is 1. The molecule has 6 heteroatoms. The standard InChI is InChI=1S/C25H30N2O3S/c1-17-14-19-15-23(31-25(19)27(17)9-8-26-10-12-30-13-11-26)24(18-4-5-18)21-7-6-20(28-2)16-22(21)29-3/h6-7,14-16H,4-5,8-13H2,1-3H3. The molecule has 2 aromatic heterocycles. The van der Waals surface area contributed by atoms with E-state index in [0.717, 1.165) is 56.5 Å². The van der Waals surface area contributed by atoms with Crippen LogP contribution < -0.4 is 9.47 Å². The largest absolute Gasteiger partial charge is 0.497 e. The molecule has 3 heterocycles. The highest BCUT2D eigenvalue weighted by Gasteiger charge is 2.25. The Balaban J connectivity index is 1.48. The van der Waals surface area contributed by atoms with Crippen molar-refractivity contribution in [3.05, 3.63) is 52.0 Å². The zero-order valence-electron chi connectivity index (χ0n) is 18.6. The Hall–Kier alpha value is -2.28. The van der Waals surface area contributed by atoms with E-state index in [1.165, 1.54) is 44.8 Å². The van der Waals surface area contributed by atoms with Gasteiger partial charge in [0.2, 0.25) is 0 Å². The molecule has 164 valence electrons. The number of fused-ring (bicyclic) bond motifs is 1. The molecule has 0 atom stereocenters. The fraction of sp³-hybridized carbons (Fsp3) is 0.440. The van der Waals surface area contributed by atoms with Gasteiger partial charge in [0.1, 0.15) is 16.3 Å². The molecule has 5 nitrogen and oxygen atoms in total. The summed E-state index contributed by atoms with van der Waals surface area (Å²) < 4.78 is 19.1. The van der Waals surface area contributed by atoms with Gasteiger partial charge in [0.25, 0.3) is 0 Å². The minimum Gasteiger partial charge on any atom is -0.497 e. The zero-order chi connectivity index (χ0) is 21.4. The molecule has 2 fully saturated rings. The molecule has 0 N–H and O–H groups in total. The van der Waals surface area contributed by atoms with Gasteiger partial charge in [0.05, 0.1) is 27.4 Å². The van der Waals surface area contributed by atoms with Crippen LogP contribution in [0.4, 0.5) is 0 Å². The van der Waals surface area contributed by atoms with E-state index in [2.05, 4.69) is 34.6 Å². The molecule has 1 aliphatic heterocycles. The van der Waals surface area contributed by atoms with Crippen LogP contribution in [0.3, 0.4) is 0 Å². The second-order valence-electron chi connectivity index (χ2n) is 8.31. The van der Waals surface area contributed by atoms with E-state index < -0.39 is 0 Å². The lowest BCUT2D eigenvalue weighted by molar-refractivity contribution is 0.0365. The van der Waals surface area contributed by atoms with Crippen molar-refractivity contribution >= 4 is 27.1 Å². The molecule has 5 rings (SSSR count). The third kappa shape index (κ3) is 4.12. The van der Waals surface area contributed by atoms with Crippen LogP contribution in [0.5, 0.6) is 11.5 Å². The molecule has 0 amide bonds. The van der Waals surface area contributed by atoms with Gasteiger partial charge in [-0.1, -0.05) is 5.57 Å². The minimum atomic E-state index is 0.822. The molecule has 1 aromatic carbocycles. The van der Waals surface area contributed by atoms with E-state index in [1.54, 1.807) is 14.2 Å². The predicted octanol–water partition coefficient (Wildman–Crippen LogP) is 4.96. The van der Waals surface area contributed by atoms with Crippen LogP contribution in [-0.2, 0) is 11.3 Å². The SMILES string of the molecule is COc1ccc(C(=C2CC2)c2cc3cc(C)n(CCN4CCOCC4)c3s2)c(OC)c1. The van der Waals surface area contributed by atoms with Gasteiger partial charge in [0.15, 0.2) is 0 Å². The Labute approximate surface area is 187 Å². The average Bonchev–Trinajstić information content (AvgIpc) is 3.48. The smallest absolute Gasteiger partial charge is 0.130 e. The van der Waals surface area contributed by atoms with E-state index in [0.29, 0.717) is 0 Å². The second-order valence-corrected chi connectivity index (χ2v) is 9.34. The van der Waals surface area contributed by atoms with E-state index >= 15 is 0 Å². The van der Waals surface area contributed by atoms with Crippen molar-refractivity contribution in [2.45, 2.75) is 26.3 Å². The normalized spacial score (nSPS) is 16.7. The Morgan fingerprint density at radius 3 is 2.55 bits per heavy atom. The molecule has 1 saturated carbocycles. The van der Waals surface area contributed by atoms with Crippen LogP contribution >= 0.6 is 11.3 Å². The summed E-state index contributed by atoms with van der Waals surface area (Å²) in [7, 11) is 3.43. The summed E-state index contributed by atoms with van der Waals surface area (Å²) in [5.74, 6) is 1.69. The summed E-state index contributed by atoms with van der Waals surface area (Å²) >= 11 is 1.91. The maximum Gasteiger partial charge on any atom is 0.130 e. The van der Waals surface area contributed by atoms with Crippen molar-refractivity contribution in [3.63, 3.8) is 0 Å². The molecule has 0 unspecified atom stereocenters. The van der Waals surface area contributed by atoms with Crippen LogP contribution in [0.1, 0.15) is 29.0 Å². The highest BCUT2D eigenvalue weighted by atomic mass is 32.1. The second kappa shape index (κ2) is 8.69. The molecule has 0 bridgehead atoms. The van der Waals surface area contributed by atoms with Gasteiger partial charge >= 0.3 is 0 Å². The van der Waals surface area contributed by atoms with Crippen molar-refractivity contribution < 1.29 is 14.2 Å². The van der Waals surface area contributed by atoms with Crippen LogP contribution in [0.25, 0.3) is 15.8 Å². The number of rotatable bonds is 7. The fourth-order valence-corrected chi connectivity index (χ4v) is 5.79. The van der Waals surface area contributed by atoms with Crippen molar-refractivity contribution in [3.8, 4) is 11.5 Å². The van der Waals surface area contributed by atoms with E-state index in [1.807, 2.05) is 23.5 Å². The number of ether oxygens (including phenoxy) is 3. The maximum atomic E-state index is 5.74. The van der Waals surface area contributed by atoms with Crippen LogP contribution in [0.15, 0.2) is 35.9 Å². The summed E-state index contributed by atoms with van der Waals surface area (Å²) in [4.78, 5) is 5.21. The number of hydrogen-bond acceptors (Lipinski definition) is 5. The Morgan fingerprint density at radius 1 is 1.03 bits per heavy atom. The summed E-state index contributed by atoms with van der Waals surface area (Å²) in [5, 5.41) is 1.34. The van der Waals surface area contributed by atoms with Crippen molar-refractivity contribution in [1.82, 2.24) is 9.47 Å². The van der Waals surface area contributed by atoms with Crippen molar-refractivity contribution in [1.29, 1.82) is 0 Å². The summed E-state index contributed by atoms with van der Waals surface area (Å²) in [6, 6.07) is 10.8. The van der Waals surface area contributed by atoms with Gasteiger partial charge in [0, 0.05) is 59.3 Å². The summed E-state index contributed by atoms with van der Waals surface area (Å²) in [6.45, 7) is 8.08. The number of aromatic nitrogens is 1. The Kier molecular flexibility index (Phi) is 5.78. The van der Waals surface area contributed by atoms with Gasteiger partial charge in [-0.25, -0.2) is 0 Å². The molecule has 0 spiro atoms. The van der Waals surface area contributed by atoms with E-state index in [-0.39, 0.29) is 0 Å². The van der Waals surface area contributed by atoms with E-state index in [4.69, 9.17) is 14.2 Å². The molecule has 2 aliphatic rings. The first kappa shape index (κ1) is 20.6. The number of hydrogen-bond donors (Lipinski definition) is 0. The topological polar surface area (TPSA) is 35.9 Å². The zero-order valence-corrected chi connectivity index (χ0v) is 19.4. The first-order valence-electron chi connectivity index (χ1n) is 11.0. The number of benzene rings is 1. The minimum absolute atomic E-state index is 0.822. The van der Waals surface area contributed by atoms with Crippen LogP contribution in [0, 0.1) is 6.92 Å². The number of allylic oxidation sites excluding steroid dienone is 1. The first-order chi connectivity index (χ1) is 15.2. The Bertz CT molecular complexity index is 1120. The van der Waals surface area contributed by atoms with Crippen molar-refractivity contribution in [2.75, 3.05) is 47.1 Å². The summed E-state index contributed by atoms with van der Waals surface area (Å²) in [6.07, 6.45) is 2.34. The highest BCUT2D eigenvalue weighted by Crippen LogP contribution is 2.47. The van der Waals surface area contributed by atoms with E-state index in [9.17, 15) is 0 Å². The monoisotopic (exact) mass is 438 g/mol.